The van der Waals surface area contributed by atoms with Gasteiger partial charge in [0.05, 0.1) is 17.6 Å². The van der Waals surface area contributed by atoms with Crippen LogP contribution in [0, 0.1) is 19.7 Å². The number of carbonyl (C=O) groups is 1. The number of aromatic nitrogens is 6. The number of nitrogens with two attached hydrogens (primary N) is 1. The van der Waals surface area contributed by atoms with Crippen LogP contribution >= 0.6 is 0 Å². The molecule has 0 saturated carbocycles. The number of hydrogen-bond acceptors (Lipinski definition) is 6. The molecule has 0 radical (unpaired) electrons. The minimum absolute atomic E-state index is 0.104. The number of fused-ring (bicyclic) bond motifs is 1. The Morgan fingerprint density at radius 1 is 0.944 bits per heavy atom. The second kappa shape index (κ2) is 8.92. The van der Waals surface area contributed by atoms with Gasteiger partial charge in [0.2, 0.25) is 5.91 Å². The number of halogens is 1. The minimum atomic E-state index is -0.664. The molecule has 5 rings (SSSR count). The fraction of sp³-hybridized carbons (Fsp3) is 0.185. The fourth-order valence-corrected chi connectivity index (χ4v) is 3.90. The van der Waals surface area contributed by atoms with E-state index in [2.05, 4.69) is 33.9 Å². The maximum absolute atomic E-state index is 15.0. The molecule has 8 nitrogen and oxygen atoms in total. The largest absolute Gasteiger partial charge is 0.366 e. The molecule has 3 aromatic heterocycles. The van der Waals surface area contributed by atoms with Crippen molar-refractivity contribution in [2.24, 2.45) is 5.73 Å². The van der Waals surface area contributed by atoms with E-state index in [0.29, 0.717) is 28.4 Å². The lowest BCUT2D eigenvalue weighted by atomic mass is 10.0. The minimum Gasteiger partial charge on any atom is -0.366 e. The maximum Gasteiger partial charge on any atom is 0.248 e. The topological polar surface area (TPSA) is 112 Å². The second-order valence-corrected chi connectivity index (χ2v) is 8.90. The van der Waals surface area contributed by atoms with Crippen molar-refractivity contribution in [1.82, 2.24) is 29.7 Å². The predicted octanol–water partition coefficient (Wildman–Crippen LogP) is 5.05. The summed E-state index contributed by atoms with van der Waals surface area (Å²) >= 11 is 0. The predicted molar refractivity (Wildman–Crippen MR) is 136 cm³/mol. The highest BCUT2D eigenvalue weighted by molar-refractivity contribution is 5.96. The third kappa shape index (κ3) is 4.19. The molecule has 9 heteroatoms. The Morgan fingerprint density at radius 3 is 2.42 bits per heavy atom. The molecule has 1 amide bonds. The zero-order chi connectivity index (χ0) is 25.6. The number of aryl methyl sites for hydroxylation is 2. The van der Waals surface area contributed by atoms with E-state index >= 15 is 4.39 Å². The van der Waals surface area contributed by atoms with Crippen molar-refractivity contribution in [1.29, 1.82) is 0 Å². The molecule has 0 saturated heterocycles. The first-order valence-corrected chi connectivity index (χ1v) is 11.5. The molecule has 0 spiro atoms. The summed E-state index contributed by atoms with van der Waals surface area (Å²) in [6, 6.07) is 11.9. The Balaban J connectivity index is 1.73. The molecule has 0 aliphatic heterocycles. The SMILES string of the molecule is Cc1nc2nc(-c3cccc(-c4cnn(C(C)C)c4)c3)nc(-c3cc(C(N)=O)ccc3F)c2nc1C. The van der Waals surface area contributed by atoms with Crippen LogP contribution in [0.1, 0.15) is 41.6 Å². The zero-order valence-electron chi connectivity index (χ0n) is 20.3. The molecule has 0 aliphatic carbocycles. The van der Waals surface area contributed by atoms with Crippen molar-refractivity contribution in [3.63, 3.8) is 0 Å². The number of rotatable bonds is 5. The molecule has 0 fully saturated rings. The number of nitrogens with zero attached hydrogens (tertiary/aromatic N) is 6. The molecule has 0 aliphatic rings. The zero-order valence-corrected chi connectivity index (χ0v) is 20.3. The Hall–Kier alpha value is -4.53. The molecule has 5 aromatic rings. The third-order valence-electron chi connectivity index (χ3n) is 6.03. The van der Waals surface area contributed by atoms with Crippen molar-refractivity contribution >= 4 is 17.1 Å². The molecular formula is C27H24FN7O. The quantitative estimate of drug-likeness (QED) is 0.376. The summed E-state index contributed by atoms with van der Waals surface area (Å²) in [5, 5.41) is 4.43. The fourth-order valence-electron chi connectivity index (χ4n) is 3.90. The Kier molecular flexibility index (Phi) is 5.75. The third-order valence-corrected chi connectivity index (χ3v) is 6.03. The number of amides is 1. The second-order valence-electron chi connectivity index (χ2n) is 8.90. The number of benzene rings is 2. The van der Waals surface area contributed by atoms with E-state index in [1.807, 2.05) is 55.2 Å². The van der Waals surface area contributed by atoms with Gasteiger partial charge in [0, 0.05) is 34.5 Å². The van der Waals surface area contributed by atoms with Gasteiger partial charge in [-0.2, -0.15) is 5.10 Å². The molecule has 0 atom stereocenters. The summed E-state index contributed by atoms with van der Waals surface area (Å²) in [6.07, 6.45) is 3.80. The average molecular weight is 482 g/mol. The molecule has 2 N–H and O–H groups in total. The summed E-state index contributed by atoms with van der Waals surface area (Å²) in [5.41, 5.74) is 10.6. The van der Waals surface area contributed by atoms with Gasteiger partial charge in [0.25, 0.3) is 0 Å². The lowest BCUT2D eigenvalue weighted by Crippen LogP contribution is -2.11. The van der Waals surface area contributed by atoms with Crippen molar-refractivity contribution < 1.29 is 9.18 Å². The van der Waals surface area contributed by atoms with Crippen LogP contribution in [0.4, 0.5) is 4.39 Å². The van der Waals surface area contributed by atoms with E-state index in [-0.39, 0.29) is 22.9 Å². The summed E-state index contributed by atoms with van der Waals surface area (Å²) in [4.78, 5) is 30.4. The van der Waals surface area contributed by atoms with Crippen molar-refractivity contribution in [3.05, 3.63) is 77.6 Å². The molecule has 2 aromatic carbocycles. The van der Waals surface area contributed by atoms with Gasteiger partial charge in [-0.25, -0.2) is 24.3 Å². The molecule has 0 bridgehead atoms. The van der Waals surface area contributed by atoms with Gasteiger partial charge >= 0.3 is 0 Å². The maximum atomic E-state index is 15.0. The lowest BCUT2D eigenvalue weighted by molar-refractivity contribution is 0.100. The van der Waals surface area contributed by atoms with E-state index in [1.54, 1.807) is 0 Å². The summed E-state index contributed by atoms with van der Waals surface area (Å²) in [7, 11) is 0. The van der Waals surface area contributed by atoms with Gasteiger partial charge in [-0.15, -0.1) is 0 Å². The van der Waals surface area contributed by atoms with Gasteiger partial charge in [-0.1, -0.05) is 18.2 Å². The van der Waals surface area contributed by atoms with Gasteiger partial charge < -0.3 is 5.73 Å². The van der Waals surface area contributed by atoms with Crippen LogP contribution in [0.3, 0.4) is 0 Å². The Bertz CT molecular complexity index is 1640. The van der Waals surface area contributed by atoms with Crippen LogP contribution < -0.4 is 5.73 Å². The summed E-state index contributed by atoms with van der Waals surface area (Å²) < 4.78 is 16.9. The van der Waals surface area contributed by atoms with Gasteiger partial charge in [0.1, 0.15) is 17.0 Å². The van der Waals surface area contributed by atoms with Crippen molar-refractivity contribution in [2.75, 3.05) is 0 Å². The smallest absolute Gasteiger partial charge is 0.248 e. The summed E-state index contributed by atoms with van der Waals surface area (Å²) in [5.74, 6) is -0.861. The normalized spacial score (nSPS) is 11.4. The van der Waals surface area contributed by atoms with Crippen LogP contribution in [0.25, 0.3) is 44.9 Å². The van der Waals surface area contributed by atoms with E-state index < -0.39 is 11.7 Å². The monoisotopic (exact) mass is 481 g/mol. The first kappa shape index (κ1) is 23.2. The first-order valence-electron chi connectivity index (χ1n) is 11.5. The average Bonchev–Trinajstić information content (AvgIpc) is 3.35. The van der Waals surface area contributed by atoms with E-state index in [1.165, 1.54) is 18.2 Å². The highest BCUT2D eigenvalue weighted by Crippen LogP contribution is 2.32. The molecule has 3 heterocycles. The highest BCUT2D eigenvalue weighted by atomic mass is 19.1. The van der Waals surface area contributed by atoms with Gasteiger partial charge in [-0.05, 0) is 57.5 Å². The Labute approximate surface area is 207 Å². The molecule has 0 unspecified atom stereocenters. The van der Waals surface area contributed by atoms with E-state index in [0.717, 1.165) is 16.7 Å². The van der Waals surface area contributed by atoms with Crippen LogP contribution in [0.5, 0.6) is 0 Å². The molecule has 36 heavy (non-hydrogen) atoms. The number of primary amides is 1. The van der Waals surface area contributed by atoms with Crippen molar-refractivity contribution in [2.45, 2.75) is 33.7 Å². The molecular weight excluding hydrogens is 457 g/mol. The van der Waals surface area contributed by atoms with Crippen LogP contribution in [0.2, 0.25) is 0 Å². The first-order chi connectivity index (χ1) is 17.2. The van der Waals surface area contributed by atoms with Gasteiger partial charge in [0.15, 0.2) is 11.5 Å². The summed E-state index contributed by atoms with van der Waals surface area (Å²) in [6.45, 7) is 7.78. The molecule has 180 valence electrons. The van der Waals surface area contributed by atoms with E-state index in [9.17, 15) is 4.79 Å². The van der Waals surface area contributed by atoms with Crippen LogP contribution in [-0.4, -0.2) is 35.6 Å². The number of hydrogen-bond donors (Lipinski definition) is 1. The van der Waals surface area contributed by atoms with Gasteiger partial charge in [-0.3, -0.25) is 9.48 Å². The van der Waals surface area contributed by atoms with Crippen molar-refractivity contribution in [3.8, 4) is 33.8 Å². The number of carbonyl (C=O) groups excluding carboxylic acids is 1. The van der Waals surface area contributed by atoms with E-state index in [4.69, 9.17) is 10.7 Å². The van der Waals surface area contributed by atoms with Crippen LogP contribution in [0.15, 0.2) is 54.9 Å². The lowest BCUT2D eigenvalue weighted by Gasteiger charge is -2.12. The van der Waals surface area contributed by atoms with Crippen LogP contribution in [-0.2, 0) is 0 Å². The highest BCUT2D eigenvalue weighted by Gasteiger charge is 2.19. The standard InChI is InChI=1S/C27H24FN7O/c1-14(2)35-13-20(12-30-35)17-6-5-7-19(10-17)26-33-23(21-11-18(25(29)36)8-9-22(21)28)24-27(34-26)32-16(4)15(3)31-24/h5-14H,1-4H3,(H2,29,36). The Morgan fingerprint density at radius 2 is 1.69 bits per heavy atom.